The molecule has 0 saturated carbocycles. The molecule has 0 spiro atoms. The number of carbonyl (C=O) groups is 3. The lowest BCUT2D eigenvalue weighted by Gasteiger charge is -2.43. The van der Waals surface area contributed by atoms with Crippen molar-refractivity contribution in [3.8, 4) is 6.07 Å². The van der Waals surface area contributed by atoms with Crippen molar-refractivity contribution in [2.75, 3.05) is 5.73 Å². The zero-order chi connectivity index (χ0) is 26.1. The first-order chi connectivity index (χ1) is 16.2. The summed E-state index contributed by atoms with van der Waals surface area (Å²) in [5.41, 5.74) is 3.10. The third-order valence-corrected chi connectivity index (χ3v) is 6.20. The topological polar surface area (TPSA) is 256 Å². The fraction of sp³-hybridized carbons (Fsp3) is 0.375. The van der Waals surface area contributed by atoms with Crippen LogP contribution in [0.2, 0.25) is 0 Å². The molecule has 1 aliphatic rings. The van der Waals surface area contributed by atoms with Crippen molar-refractivity contribution >= 4 is 50.3 Å². The quantitative estimate of drug-likeness (QED) is 0.119. The molecule has 3 heterocycles. The van der Waals surface area contributed by atoms with Crippen molar-refractivity contribution < 1.29 is 37.3 Å². The van der Waals surface area contributed by atoms with Gasteiger partial charge in [-0.25, -0.2) is 23.7 Å². The van der Waals surface area contributed by atoms with E-state index in [4.69, 9.17) is 15.8 Å². The number of nitrogens with zero attached hydrogens (tertiary/aromatic N) is 7. The van der Waals surface area contributed by atoms with Gasteiger partial charge in [0.25, 0.3) is 17.6 Å². The van der Waals surface area contributed by atoms with E-state index in [0.29, 0.717) is 0 Å². The minimum absolute atomic E-state index is 0.0487. The highest BCUT2D eigenvalue weighted by Gasteiger charge is 2.54. The summed E-state index contributed by atoms with van der Waals surface area (Å²) in [6.07, 6.45) is 1.09. The average Bonchev–Trinajstić information content (AvgIpc) is 3.39. The molecule has 0 bridgehead atoms. The van der Waals surface area contributed by atoms with Crippen molar-refractivity contribution in [1.82, 2.24) is 29.4 Å². The number of nitrogens with two attached hydrogens (primary N) is 1. The Morgan fingerprint density at radius 2 is 2.14 bits per heavy atom. The maximum Gasteiger partial charge on any atom is 0.362 e. The normalized spacial score (nSPS) is 18.5. The summed E-state index contributed by atoms with van der Waals surface area (Å²) < 4.78 is 34.0. The van der Waals surface area contributed by atoms with Gasteiger partial charge in [0.15, 0.2) is 10.8 Å². The molecule has 1 fully saturated rings. The number of amides is 2. The molecule has 3 rings (SSSR count). The molecule has 2 atom stereocenters. The van der Waals surface area contributed by atoms with E-state index < -0.39 is 51.5 Å². The summed E-state index contributed by atoms with van der Waals surface area (Å²) in [5, 5.41) is 29.0. The van der Waals surface area contributed by atoms with Gasteiger partial charge in [-0.3, -0.25) is 14.1 Å². The highest BCUT2D eigenvalue weighted by molar-refractivity contribution is 7.84. The molecule has 5 N–H and O–H groups in total. The van der Waals surface area contributed by atoms with Crippen LogP contribution in [0.5, 0.6) is 0 Å². The number of rotatable bonds is 9. The van der Waals surface area contributed by atoms with Gasteiger partial charge in [-0.05, 0) is 13.8 Å². The van der Waals surface area contributed by atoms with E-state index in [-0.39, 0.29) is 27.5 Å². The van der Waals surface area contributed by atoms with E-state index in [1.807, 2.05) is 0 Å². The highest BCUT2D eigenvalue weighted by atomic mass is 32.2. The molecular formula is C16H17N9O8S2. The third-order valence-electron chi connectivity index (χ3n) is 4.57. The smallest absolute Gasteiger partial charge is 0.362 e. The van der Waals surface area contributed by atoms with Crippen LogP contribution >= 0.6 is 11.3 Å². The molecule has 17 nitrogen and oxygen atoms in total. The van der Waals surface area contributed by atoms with Gasteiger partial charge in [0.1, 0.15) is 24.1 Å². The molecule has 1 aliphatic heterocycles. The average molecular weight is 528 g/mol. The zero-order valence-corrected chi connectivity index (χ0v) is 19.5. The van der Waals surface area contributed by atoms with E-state index >= 15 is 0 Å². The van der Waals surface area contributed by atoms with Crippen LogP contribution < -0.4 is 11.1 Å². The number of nitrogen functional groups attached to an aromatic ring is 1. The van der Waals surface area contributed by atoms with Crippen molar-refractivity contribution in [2.24, 2.45) is 5.16 Å². The molecule has 1 saturated heterocycles. The second-order valence-electron chi connectivity index (χ2n) is 7.45. The van der Waals surface area contributed by atoms with Crippen LogP contribution in [0.4, 0.5) is 5.13 Å². The van der Waals surface area contributed by atoms with Crippen LogP contribution in [0, 0.1) is 11.3 Å². The lowest BCUT2D eigenvalue weighted by atomic mass is 9.98. The zero-order valence-electron chi connectivity index (χ0n) is 17.9. The maximum atomic E-state index is 13.0. The Balaban J connectivity index is 1.89. The van der Waals surface area contributed by atoms with Gasteiger partial charge in [0.2, 0.25) is 5.60 Å². The Labute approximate surface area is 200 Å². The summed E-state index contributed by atoms with van der Waals surface area (Å²) in [6, 6.07) is -1.18. The number of hydrogen-bond acceptors (Lipinski definition) is 13. The molecule has 0 aliphatic carbocycles. The number of thiazole rings is 1. The minimum atomic E-state index is -5.00. The number of carboxylic acid groups (broad SMARTS) is 1. The van der Waals surface area contributed by atoms with Crippen LogP contribution in [0.1, 0.15) is 25.4 Å². The van der Waals surface area contributed by atoms with Crippen LogP contribution in [0.25, 0.3) is 0 Å². The van der Waals surface area contributed by atoms with E-state index in [2.05, 4.69) is 25.5 Å². The molecule has 186 valence electrons. The molecule has 2 aromatic heterocycles. The highest BCUT2D eigenvalue weighted by Crippen LogP contribution is 2.25. The fourth-order valence-electron chi connectivity index (χ4n) is 2.78. The van der Waals surface area contributed by atoms with Gasteiger partial charge in [0, 0.05) is 5.38 Å². The molecule has 2 unspecified atom stereocenters. The Kier molecular flexibility index (Phi) is 6.73. The SMILES string of the molecule is CC(C)(ON=C(C(=O)NC1C(=O)N(S(=O)(=O)O)C1Cn1cnc(C#N)n1)c1csc(N)n1)C(=O)O. The van der Waals surface area contributed by atoms with Gasteiger partial charge in [-0.15, -0.1) is 16.4 Å². The van der Waals surface area contributed by atoms with Crippen molar-refractivity contribution in [3.63, 3.8) is 0 Å². The number of β-lactam (4-membered cyclic amide) rings is 1. The monoisotopic (exact) mass is 527 g/mol. The number of anilines is 1. The number of hydrogen-bond donors (Lipinski definition) is 4. The summed E-state index contributed by atoms with van der Waals surface area (Å²) >= 11 is 0.941. The molecule has 35 heavy (non-hydrogen) atoms. The molecule has 2 aromatic rings. The molecular weight excluding hydrogens is 510 g/mol. The third kappa shape index (κ3) is 5.34. The van der Waals surface area contributed by atoms with Gasteiger partial charge in [0.05, 0.1) is 12.6 Å². The number of aromatic nitrogens is 4. The van der Waals surface area contributed by atoms with Crippen molar-refractivity contribution in [3.05, 3.63) is 23.2 Å². The van der Waals surface area contributed by atoms with Crippen molar-refractivity contribution in [1.29, 1.82) is 5.26 Å². The molecule has 0 radical (unpaired) electrons. The first kappa shape index (κ1) is 25.5. The first-order valence-corrected chi connectivity index (χ1v) is 11.6. The number of carboxylic acids is 1. The lowest BCUT2D eigenvalue weighted by Crippen LogP contribution is -2.73. The first-order valence-electron chi connectivity index (χ1n) is 9.36. The van der Waals surface area contributed by atoms with Crippen molar-refractivity contribution in [2.45, 2.75) is 38.1 Å². The molecule has 19 heteroatoms. The Morgan fingerprint density at radius 1 is 1.46 bits per heavy atom. The van der Waals surface area contributed by atoms with Crippen LogP contribution in [0.3, 0.4) is 0 Å². The second-order valence-corrected chi connectivity index (χ2v) is 9.63. The summed E-state index contributed by atoms with van der Waals surface area (Å²) in [7, 11) is -5.00. The number of nitriles is 1. The van der Waals surface area contributed by atoms with Gasteiger partial charge in [-0.1, -0.05) is 5.16 Å². The Bertz CT molecular complexity index is 1360. The van der Waals surface area contributed by atoms with Crippen LogP contribution in [0.15, 0.2) is 16.9 Å². The largest absolute Gasteiger partial charge is 0.478 e. The summed E-state index contributed by atoms with van der Waals surface area (Å²) in [5.74, 6) is -3.87. The Hall–Kier alpha value is -4.15. The Morgan fingerprint density at radius 3 is 2.66 bits per heavy atom. The van der Waals surface area contributed by atoms with Crippen LogP contribution in [-0.2, 0) is 36.1 Å². The minimum Gasteiger partial charge on any atom is -0.478 e. The van der Waals surface area contributed by atoms with Gasteiger partial charge < -0.3 is 21.0 Å². The van der Waals surface area contributed by atoms with E-state index in [0.717, 1.165) is 22.3 Å². The summed E-state index contributed by atoms with van der Waals surface area (Å²) in [4.78, 5) is 49.3. The van der Waals surface area contributed by atoms with E-state index in [1.54, 1.807) is 6.07 Å². The standard InChI is InChI=1S/C16H17N9O8S2/c1-16(2,14(28)29)33-23-10(7-5-34-15(18)20-7)12(26)21-11-8(25(13(11)27)35(30,31)32)4-24-6-19-9(3-17)22-24/h5-6,8,11H,4H2,1-2H3,(H2,18,20)(H,21,26)(H,28,29)(H,30,31,32). The van der Waals surface area contributed by atoms with E-state index in [1.165, 1.54) is 19.2 Å². The predicted molar refractivity (Wildman–Crippen MR) is 115 cm³/mol. The second kappa shape index (κ2) is 9.24. The van der Waals surface area contributed by atoms with Crippen LogP contribution in [-0.4, -0.2) is 83.3 Å². The predicted octanol–water partition coefficient (Wildman–Crippen LogP) is -2.03. The number of oxime groups is 1. The number of carbonyl (C=O) groups excluding carboxylic acids is 2. The molecule has 0 aromatic carbocycles. The maximum absolute atomic E-state index is 13.0. The van der Waals surface area contributed by atoms with Gasteiger partial charge >= 0.3 is 16.3 Å². The summed E-state index contributed by atoms with van der Waals surface area (Å²) in [6.45, 7) is 1.98. The number of nitrogens with one attached hydrogen (secondary N) is 1. The lowest BCUT2D eigenvalue weighted by molar-refractivity contribution is -0.161. The number of aliphatic carboxylic acids is 1. The molecule has 2 amide bonds. The van der Waals surface area contributed by atoms with Gasteiger partial charge in [-0.2, -0.15) is 13.7 Å². The van der Waals surface area contributed by atoms with E-state index in [9.17, 15) is 32.5 Å². The fourth-order valence-corrected chi connectivity index (χ4v) is 4.19.